The maximum Gasteiger partial charge on any atom is 0.257 e. The smallest absolute Gasteiger partial charge is 0.257 e. The SMILES string of the molecule is CC(=O)N1CCN(c2ccc(C(=O)Nc3c(C)cccc3C(C)C)cn2)CC1. The molecule has 1 aliphatic heterocycles. The Balaban J connectivity index is 1.69. The summed E-state index contributed by atoms with van der Waals surface area (Å²) in [6.07, 6.45) is 1.62. The number of hydrogen-bond donors (Lipinski definition) is 1. The van der Waals surface area contributed by atoms with Crippen LogP contribution in [0.15, 0.2) is 36.5 Å². The Labute approximate surface area is 166 Å². The van der Waals surface area contributed by atoms with Crippen LogP contribution in [0.4, 0.5) is 11.5 Å². The van der Waals surface area contributed by atoms with Crippen LogP contribution < -0.4 is 10.2 Å². The van der Waals surface area contributed by atoms with Gasteiger partial charge in [-0.3, -0.25) is 9.59 Å². The summed E-state index contributed by atoms with van der Waals surface area (Å²) in [4.78, 5) is 32.6. The second-order valence-corrected chi connectivity index (χ2v) is 7.55. The minimum Gasteiger partial charge on any atom is -0.353 e. The molecule has 6 nitrogen and oxygen atoms in total. The summed E-state index contributed by atoms with van der Waals surface area (Å²) < 4.78 is 0. The van der Waals surface area contributed by atoms with Crippen molar-refractivity contribution in [2.24, 2.45) is 0 Å². The highest BCUT2D eigenvalue weighted by atomic mass is 16.2. The molecule has 1 aromatic carbocycles. The fourth-order valence-electron chi connectivity index (χ4n) is 3.49. The number of nitrogens with zero attached hydrogens (tertiary/aromatic N) is 3. The quantitative estimate of drug-likeness (QED) is 0.882. The Morgan fingerprint density at radius 3 is 2.36 bits per heavy atom. The number of carbonyl (C=O) groups is 2. The lowest BCUT2D eigenvalue weighted by Gasteiger charge is -2.34. The van der Waals surface area contributed by atoms with Gasteiger partial charge in [-0.2, -0.15) is 0 Å². The number of para-hydroxylation sites is 1. The van der Waals surface area contributed by atoms with E-state index in [1.807, 2.05) is 36.1 Å². The van der Waals surface area contributed by atoms with Crippen molar-refractivity contribution in [2.45, 2.75) is 33.6 Å². The van der Waals surface area contributed by atoms with E-state index in [-0.39, 0.29) is 11.8 Å². The summed E-state index contributed by atoms with van der Waals surface area (Å²) in [5, 5.41) is 3.06. The molecule has 1 saturated heterocycles. The topological polar surface area (TPSA) is 65.5 Å². The number of rotatable bonds is 4. The molecule has 1 fully saturated rings. The first-order valence-electron chi connectivity index (χ1n) is 9.74. The van der Waals surface area contributed by atoms with E-state index in [9.17, 15) is 9.59 Å². The summed E-state index contributed by atoms with van der Waals surface area (Å²) in [5.74, 6) is 1.11. The maximum atomic E-state index is 12.7. The zero-order valence-electron chi connectivity index (χ0n) is 17.0. The highest BCUT2D eigenvalue weighted by Gasteiger charge is 2.20. The third-order valence-electron chi connectivity index (χ3n) is 5.22. The van der Waals surface area contributed by atoms with Crippen molar-refractivity contribution in [1.82, 2.24) is 9.88 Å². The Kier molecular flexibility index (Phi) is 5.97. The number of benzene rings is 1. The minimum absolute atomic E-state index is 0.108. The fraction of sp³-hybridized carbons (Fsp3) is 0.409. The number of carbonyl (C=O) groups excluding carboxylic acids is 2. The van der Waals surface area contributed by atoms with Crippen LogP contribution in [0, 0.1) is 6.92 Å². The van der Waals surface area contributed by atoms with E-state index in [1.54, 1.807) is 13.1 Å². The molecule has 2 amide bonds. The van der Waals surface area contributed by atoms with Crippen molar-refractivity contribution < 1.29 is 9.59 Å². The third kappa shape index (κ3) is 4.32. The molecule has 3 rings (SSSR count). The van der Waals surface area contributed by atoms with Gasteiger partial charge in [0.25, 0.3) is 5.91 Å². The van der Waals surface area contributed by atoms with E-state index in [1.165, 1.54) is 0 Å². The monoisotopic (exact) mass is 380 g/mol. The Morgan fingerprint density at radius 2 is 1.79 bits per heavy atom. The average Bonchev–Trinajstić information content (AvgIpc) is 2.69. The van der Waals surface area contributed by atoms with Gasteiger partial charge in [0.2, 0.25) is 5.91 Å². The number of nitrogens with one attached hydrogen (secondary N) is 1. The van der Waals surface area contributed by atoms with Gasteiger partial charge in [-0.1, -0.05) is 32.0 Å². The van der Waals surface area contributed by atoms with Crippen LogP contribution in [-0.4, -0.2) is 47.9 Å². The van der Waals surface area contributed by atoms with E-state index >= 15 is 0 Å². The highest BCUT2D eigenvalue weighted by Crippen LogP contribution is 2.28. The summed E-state index contributed by atoms with van der Waals surface area (Å²) in [5.41, 5.74) is 3.59. The molecule has 28 heavy (non-hydrogen) atoms. The number of aromatic nitrogens is 1. The third-order valence-corrected chi connectivity index (χ3v) is 5.22. The first-order chi connectivity index (χ1) is 13.4. The summed E-state index contributed by atoms with van der Waals surface area (Å²) in [6, 6.07) is 9.75. The number of hydrogen-bond acceptors (Lipinski definition) is 4. The molecular weight excluding hydrogens is 352 g/mol. The molecule has 0 unspecified atom stereocenters. The van der Waals surface area contributed by atoms with Gasteiger partial charge in [0, 0.05) is 45.0 Å². The largest absolute Gasteiger partial charge is 0.353 e. The normalized spacial score (nSPS) is 14.3. The van der Waals surface area contributed by atoms with Crippen LogP contribution >= 0.6 is 0 Å². The Bertz CT molecular complexity index is 853. The van der Waals surface area contributed by atoms with E-state index < -0.39 is 0 Å². The molecule has 0 atom stereocenters. The Morgan fingerprint density at radius 1 is 1.07 bits per heavy atom. The fourth-order valence-corrected chi connectivity index (χ4v) is 3.49. The van der Waals surface area contributed by atoms with Crippen LogP contribution in [-0.2, 0) is 4.79 Å². The summed E-state index contributed by atoms with van der Waals surface area (Å²) >= 11 is 0. The van der Waals surface area contributed by atoms with Crippen LogP contribution in [0.1, 0.15) is 48.2 Å². The average molecular weight is 380 g/mol. The van der Waals surface area contributed by atoms with Crippen LogP contribution in [0.2, 0.25) is 0 Å². The van der Waals surface area contributed by atoms with Gasteiger partial charge in [0.1, 0.15) is 5.82 Å². The molecule has 0 spiro atoms. The lowest BCUT2D eigenvalue weighted by atomic mass is 9.98. The van der Waals surface area contributed by atoms with Crippen molar-refractivity contribution in [3.05, 3.63) is 53.2 Å². The van der Waals surface area contributed by atoms with Crippen molar-refractivity contribution in [3.63, 3.8) is 0 Å². The van der Waals surface area contributed by atoms with Gasteiger partial charge < -0.3 is 15.1 Å². The second kappa shape index (κ2) is 8.42. The zero-order chi connectivity index (χ0) is 20.3. The summed E-state index contributed by atoms with van der Waals surface area (Å²) in [7, 11) is 0. The molecule has 1 N–H and O–H groups in total. The predicted octanol–water partition coefficient (Wildman–Crippen LogP) is 3.43. The number of anilines is 2. The van der Waals surface area contributed by atoms with Crippen molar-refractivity contribution in [3.8, 4) is 0 Å². The molecule has 0 bridgehead atoms. The van der Waals surface area contributed by atoms with Gasteiger partial charge in [-0.05, 0) is 36.1 Å². The molecule has 0 radical (unpaired) electrons. The molecule has 2 heterocycles. The van der Waals surface area contributed by atoms with Gasteiger partial charge in [0.05, 0.1) is 5.56 Å². The maximum absolute atomic E-state index is 12.7. The molecule has 1 aliphatic rings. The minimum atomic E-state index is -0.156. The van der Waals surface area contributed by atoms with Crippen LogP contribution in [0.5, 0.6) is 0 Å². The van der Waals surface area contributed by atoms with E-state index in [0.29, 0.717) is 24.6 Å². The zero-order valence-corrected chi connectivity index (χ0v) is 17.0. The van der Waals surface area contributed by atoms with Crippen LogP contribution in [0.3, 0.4) is 0 Å². The molecule has 6 heteroatoms. The first-order valence-corrected chi connectivity index (χ1v) is 9.74. The lowest BCUT2D eigenvalue weighted by molar-refractivity contribution is -0.129. The molecule has 1 aromatic heterocycles. The standard InChI is InChI=1S/C22H28N4O2/c1-15(2)19-7-5-6-16(3)21(19)24-22(28)18-8-9-20(23-14-18)26-12-10-25(11-13-26)17(4)27/h5-9,14-15H,10-13H2,1-4H3,(H,24,28). The van der Waals surface area contributed by atoms with Crippen LogP contribution in [0.25, 0.3) is 0 Å². The van der Waals surface area contributed by atoms with Gasteiger partial charge in [0.15, 0.2) is 0 Å². The molecule has 148 valence electrons. The highest BCUT2D eigenvalue weighted by molar-refractivity contribution is 6.05. The molecule has 0 saturated carbocycles. The van der Waals surface area contributed by atoms with Gasteiger partial charge in [-0.15, -0.1) is 0 Å². The molecule has 0 aliphatic carbocycles. The first kappa shape index (κ1) is 19.9. The van der Waals surface area contributed by atoms with Gasteiger partial charge >= 0.3 is 0 Å². The molecule has 2 aromatic rings. The Hall–Kier alpha value is -2.89. The molecular formula is C22H28N4O2. The number of pyridine rings is 1. The van der Waals surface area contributed by atoms with E-state index in [4.69, 9.17) is 0 Å². The number of aryl methyl sites for hydroxylation is 1. The van der Waals surface area contributed by atoms with E-state index in [2.05, 4.69) is 35.1 Å². The van der Waals surface area contributed by atoms with Crippen molar-refractivity contribution in [1.29, 1.82) is 0 Å². The van der Waals surface area contributed by atoms with E-state index in [0.717, 1.165) is 35.7 Å². The predicted molar refractivity (Wildman–Crippen MR) is 112 cm³/mol. The number of amides is 2. The summed E-state index contributed by atoms with van der Waals surface area (Å²) in [6.45, 7) is 10.7. The second-order valence-electron chi connectivity index (χ2n) is 7.55. The van der Waals surface area contributed by atoms with Crippen molar-refractivity contribution >= 4 is 23.3 Å². The van der Waals surface area contributed by atoms with Crippen molar-refractivity contribution in [2.75, 3.05) is 36.4 Å². The van der Waals surface area contributed by atoms with Gasteiger partial charge in [-0.25, -0.2) is 4.98 Å². The lowest BCUT2D eigenvalue weighted by Crippen LogP contribution is -2.48. The number of piperazine rings is 1.